The van der Waals surface area contributed by atoms with Gasteiger partial charge in [-0.3, -0.25) is 4.79 Å². The second-order valence-corrected chi connectivity index (χ2v) is 5.90. The van der Waals surface area contributed by atoms with Crippen molar-refractivity contribution in [3.8, 4) is 0 Å². The monoisotopic (exact) mass is 359 g/mol. The number of esters is 1. The molecule has 0 saturated heterocycles. The van der Waals surface area contributed by atoms with Crippen LogP contribution in [0, 0.1) is 0 Å². The lowest BCUT2D eigenvalue weighted by molar-refractivity contribution is -0.144. The number of unbranched alkanes of at least 4 members (excludes halogenated alkanes) is 6. The number of nitrogens with zero attached hydrogens (tertiary/aromatic N) is 1. The van der Waals surface area contributed by atoms with Crippen molar-refractivity contribution >= 4 is 17.9 Å². The minimum atomic E-state index is -1.26. The summed E-state index contributed by atoms with van der Waals surface area (Å²) in [6, 6.07) is 0. The van der Waals surface area contributed by atoms with Crippen molar-refractivity contribution in [2.75, 3.05) is 27.2 Å². The molecule has 0 aliphatic heterocycles. The largest absolute Gasteiger partial charge is 0.478 e. The SMILES string of the molecule is CCCCCCCCCC(=O)OCCN(C)C.O=C(O)/C=C\C(=O)O. The molecule has 7 nitrogen and oxygen atoms in total. The van der Waals surface area contributed by atoms with Crippen LogP contribution in [0.5, 0.6) is 0 Å². The van der Waals surface area contributed by atoms with Gasteiger partial charge in [0.15, 0.2) is 0 Å². The van der Waals surface area contributed by atoms with E-state index in [0.717, 1.165) is 19.4 Å². The molecule has 146 valence electrons. The second-order valence-electron chi connectivity index (χ2n) is 5.90. The highest BCUT2D eigenvalue weighted by Gasteiger charge is 2.02. The molecule has 0 aromatic carbocycles. The lowest BCUT2D eigenvalue weighted by Gasteiger charge is -2.09. The van der Waals surface area contributed by atoms with Crippen LogP contribution in [0.3, 0.4) is 0 Å². The lowest BCUT2D eigenvalue weighted by atomic mass is 10.1. The molecule has 0 aromatic heterocycles. The van der Waals surface area contributed by atoms with Gasteiger partial charge >= 0.3 is 17.9 Å². The van der Waals surface area contributed by atoms with Gasteiger partial charge in [-0.05, 0) is 20.5 Å². The number of carbonyl (C=O) groups is 3. The Balaban J connectivity index is 0. The Hall–Kier alpha value is -1.89. The van der Waals surface area contributed by atoms with E-state index in [1.165, 1.54) is 32.1 Å². The molecular formula is C18H33NO6. The summed E-state index contributed by atoms with van der Waals surface area (Å²) in [6.07, 6.45) is 10.4. The molecule has 0 amide bonds. The summed E-state index contributed by atoms with van der Waals surface area (Å²) in [5, 5.41) is 15.6. The van der Waals surface area contributed by atoms with Crippen LogP contribution in [0.2, 0.25) is 0 Å². The van der Waals surface area contributed by atoms with Gasteiger partial charge in [-0.25, -0.2) is 9.59 Å². The molecule has 0 fully saturated rings. The summed E-state index contributed by atoms with van der Waals surface area (Å²) < 4.78 is 5.12. The van der Waals surface area contributed by atoms with Gasteiger partial charge in [0.1, 0.15) is 6.61 Å². The van der Waals surface area contributed by atoms with E-state index in [-0.39, 0.29) is 5.97 Å². The molecule has 0 bridgehead atoms. The fraction of sp³-hybridized carbons (Fsp3) is 0.722. The first kappa shape index (κ1) is 25.4. The molecule has 0 unspecified atom stereocenters. The summed E-state index contributed by atoms with van der Waals surface area (Å²) in [5.41, 5.74) is 0. The summed E-state index contributed by atoms with van der Waals surface area (Å²) in [4.78, 5) is 32.4. The van der Waals surface area contributed by atoms with Crippen molar-refractivity contribution in [2.45, 2.75) is 58.3 Å². The van der Waals surface area contributed by atoms with Gasteiger partial charge in [0, 0.05) is 25.1 Å². The Labute approximate surface area is 150 Å². The number of carboxylic acid groups (broad SMARTS) is 2. The number of carboxylic acids is 2. The van der Waals surface area contributed by atoms with Gasteiger partial charge in [-0.1, -0.05) is 45.4 Å². The number of rotatable bonds is 13. The molecule has 0 aliphatic rings. The van der Waals surface area contributed by atoms with Crippen LogP contribution in [0.15, 0.2) is 12.2 Å². The molecule has 25 heavy (non-hydrogen) atoms. The fourth-order valence-electron chi connectivity index (χ4n) is 1.78. The van der Waals surface area contributed by atoms with Crippen molar-refractivity contribution in [1.82, 2.24) is 4.90 Å². The fourth-order valence-corrected chi connectivity index (χ4v) is 1.78. The van der Waals surface area contributed by atoms with Crippen LogP contribution in [0.25, 0.3) is 0 Å². The number of ether oxygens (including phenoxy) is 1. The Morgan fingerprint density at radius 2 is 1.36 bits per heavy atom. The van der Waals surface area contributed by atoms with Crippen LogP contribution in [0.1, 0.15) is 58.3 Å². The maximum absolute atomic E-state index is 11.3. The molecule has 0 radical (unpaired) electrons. The van der Waals surface area contributed by atoms with Crippen LogP contribution in [-0.2, 0) is 19.1 Å². The average Bonchev–Trinajstić information content (AvgIpc) is 2.52. The summed E-state index contributed by atoms with van der Waals surface area (Å²) in [5.74, 6) is -2.56. The van der Waals surface area contributed by atoms with Gasteiger partial charge in [-0.2, -0.15) is 0 Å². The van der Waals surface area contributed by atoms with Crippen molar-refractivity contribution in [3.05, 3.63) is 12.2 Å². The van der Waals surface area contributed by atoms with Crippen molar-refractivity contribution < 1.29 is 29.3 Å². The van der Waals surface area contributed by atoms with E-state index in [4.69, 9.17) is 14.9 Å². The van der Waals surface area contributed by atoms with E-state index >= 15 is 0 Å². The quantitative estimate of drug-likeness (QED) is 0.296. The highest BCUT2D eigenvalue weighted by Crippen LogP contribution is 2.08. The standard InChI is InChI=1S/C14H29NO2.C4H4O4/c1-4-5-6-7-8-9-10-11-14(16)17-13-12-15(2)3;5-3(6)1-2-4(7)8/h4-13H2,1-3H3;1-2H,(H,5,6)(H,7,8)/b;2-1-. The van der Waals surface area contributed by atoms with Gasteiger partial charge in [0.05, 0.1) is 0 Å². The molecule has 0 heterocycles. The Bertz CT molecular complexity index is 377. The predicted molar refractivity (Wildman–Crippen MR) is 96.5 cm³/mol. The smallest absolute Gasteiger partial charge is 0.328 e. The molecule has 0 spiro atoms. The molecule has 0 rings (SSSR count). The Morgan fingerprint density at radius 3 is 1.80 bits per heavy atom. The van der Waals surface area contributed by atoms with Gasteiger partial charge in [0.25, 0.3) is 0 Å². The normalized spacial score (nSPS) is 10.4. The van der Waals surface area contributed by atoms with Crippen LogP contribution < -0.4 is 0 Å². The maximum atomic E-state index is 11.3. The van der Waals surface area contributed by atoms with Crippen LogP contribution in [0.4, 0.5) is 0 Å². The van der Waals surface area contributed by atoms with Gasteiger partial charge in [-0.15, -0.1) is 0 Å². The third-order valence-corrected chi connectivity index (χ3v) is 3.15. The summed E-state index contributed by atoms with van der Waals surface area (Å²) in [7, 11) is 3.95. The lowest BCUT2D eigenvalue weighted by Crippen LogP contribution is -2.20. The molecule has 7 heteroatoms. The Morgan fingerprint density at radius 1 is 0.880 bits per heavy atom. The second kappa shape index (κ2) is 18.4. The first-order valence-corrected chi connectivity index (χ1v) is 8.73. The van der Waals surface area contributed by atoms with E-state index in [1.807, 2.05) is 19.0 Å². The van der Waals surface area contributed by atoms with Crippen molar-refractivity contribution in [3.63, 3.8) is 0 Å². The molecule has 0 atom stereocenters. The topological polar surface area (TPSA) is 104 Å². The van der Waals surface area contributed by atoms with E-state index < -0.39 is 11.9 Å². The zero-order valence-electron chi connectivity index (χ0n) is 15.7. The van der Waals surface area contributed by atoms with Crippen LogP contribution in [-0.4, -0.2) is 60.3 Å². The van der Waals surface area contributed by atoms with Crippen molar-refractivity contribution in [1.29, 1.82) is 0 Å². The molecule has 0 saturated carbocycles. The summed E-state index contributed by atoms with van der Waals surface area (Å²) in [6.45, 7) is 3.55. The first-order valence-electron chi connectivity index (χ1n) is 8.73. The van der Waals surface area contributed by atoms with Crippen molar-refractivity contribution in [2.24, 2.45) is 0 Å². The van der Waals surface area contributed by atoms with E-state index in [1.54, 1.807) is 0 Å². The van der Waals surface area contributed by atoms with E-state index in [9.17, 15) is 14.4 Å². The van der Waals surface area contributed by atoms with Crippen LogP contribution >= 0.6 is 0 Å². The number of hydrogen-bond donors (Lipinski definition) is 2. The first-order chi connectivity index (χ1) is 11.8. The highest BCUT2D eigenvalue weighted by molar-refractivity contribution is 5.89. The van der Waals surface area contributed by atoms with E-state index in [2.05, 4.69) is 6.92 Å². The minimum absolute atomic E-state index is 0.0413. The summed E-state index contributed by atoms with van der Waals surface area (Å²) >= 11 is 0. The minimum Gasteiger partial charge on any atom is -0.478 e. The molecule has 2 N–H and O–H groups in total. The highest BCUT2D eigenvalue weighted by atomic mass is 16.5. The molecular weight excluding hydrogens is 326 g/mol. The average molecular weight is 359 g/mol. The number of likely N-dealkylation sites (N-methyl/N-ethyl adjacent to an activating group) is 1. The van der Waals surface area contributed by atoms with E-state index in [0.29, 0.717) is 25.2 Å². The molecule has 0 aliphatic carbocycles. The zero-order valence-corrected chi connectivity index (χ0v) is 15.7. The third kappa shape index (κ3) is 27.3. The zero-order chi connectivity index (χ0) is 19.5. The van der Waals surface area contributed by atoms with Gasteiger partial charge < -0.3 is 19.8 Å². The maximum Gasteiger partial charge on any atom is 0.328 e. The number of aliphatic carboxylic acids is 2. The molecule has 0 aromatic rings. The van der Waals surface area contributed by atoms with Gasteiger partial charge in [0.2, 0.25) is 0 Å². The number of carbonyl (C=O) groups excluding carboxylic acids is 1. The third-order valence-electron chi connectivity index (χ3n) is 3.15. The predicted octanol–water partition coefficient (Wildman–Crippen LogP) is 2.94. The number of hydrogen-bond acceptors (Lipinski definition) is 5. The Kier molecular flexibility index (Phi) is 18.7.